The van der Waals surface area contributed by atoms with Gasteiger partial charge in [0, 0.05) is 16.6 Å². The number of anilines is 1. The fourth-order valence-electron chi connectivity index (χ4n) is 2.09. The van der Waals surface area contributed by atoms with Crippen LogP contribution in [0.25, 0.3) is 0 Å². The lowest BCUT2D eigenvalue weighted by molar-refractivity contribution is 0.0697. The first-order valence-electron chi connectivity index (χ1n) is 7.29. The molecule has 0 spiro atoms. The Balaban J connectivity index is 2.25. The van der Waals surface area contributed by atoms with E-state index >= 15 is 0 Å². The third-order valence-electron chi connectivity index (χ3n) is 3.22. The van der Waals surface area contributed by atoms with Crippen molar-refractivity contribution in [2.45, 2.75) is 19.9 Å². The summed E-state index contributed by atoms with van der Waals surface area (Å²) in [4.78, 5) is 11.1. The molecule has 128 valence electrons. The van der Waals surface area contributed by atoms with Gasteiger partial charge in [-0.15, -0.1) is 0 Å². The number of ether oxygens (including phenoxy) is 1. The van der Waals surface area contributed by atoms with Crippen molar-refractivity contribution in [1.82, 2.24) is 0 Å². The average Bonchev–Trinajstić information content (AvgIpc) is 2.52. The molecule has 0 aliphatic heterocycles. The monoisotopic (exact) mass is 475 g/mol. The van der Waals surface area contributed by atoms with Crippen molar-refractivity contribution in [3.63, 3.8) is 0 Å². The van der Waals surface area contributed by atoms with Crippen LogP contribution in [-0.4, -0.2) is 17.7 Å². The zero-order valence-electron chi connectivity index (χ0n) is 12.9. The SMILES string of the molecule is CCCOc1c(Br)cc(Br)cc1CNc1cc(C(=O)O)ccc1Cl. The van der Waals surface area contributed by atoms with Gasteiger partial charge in [0.15, 0.2) is 0 Å². The highest BCUT2D eigenvalue weighted by atomic mass is 79.9. The zero-order chi connectivity index (χ0) is 17.7. The summed E-state index contributed by atoms with van der Waals surface area (Å²) in [5.74, 6) is -0.232. The molecule has 4 nitrogen and oxygen atoms in total. The van der Waals surface area contributed by atoms with E-state index in [-0.39, 0.29) is 5.56 Å². The summed E-state index contributed by atoms with van der Waals surface area (Å²) in [5, 5.41) is 12.7. The summed E-state index contributed by atoms with van der Waals surface area (Å²) in [7, 11) is 0. The van der Waals surface area contributed by atoms with Crippen LogP contribution in [0, 0.1) is 0 Å². The van der Waals surface area contributed by atoms with E-state index in [4.69, 9.17) is 21.4 Å². The molecule has 0 heterocycles. The molecular formula is C17H16Br2ClNO3. The maximum Gasteiger partial charge on any atom is 0.335 e. The van der Waals surface area contributed by atoms with Crippen LogP contribution in [0.1, 0.15) is 29.3 Å². The number of rotatable bonds is 7. The zero-order valence-corrected chi connectivity index (χ0v) is 16.8. The molecule has 2 N–H and O–H groups in total. The molecule has 2 aromatic carbocycles. The number of benzene rings is 2. The van der Waals surface area contributed by atoms with Gasteiger partial charge in [0.25, 0.3) is 0 Å². The Labute approximate surface area is 162 Å². The number of hydrogen-bond acceptors (Lipinski definition) is 3. The highest BCUT2D eigenvalue weighted by Gasteiger charge is 2.12. The highest BCUT2D eigenvalue weighted by molar-refractivity contribution is 9.11. The normalized spacial score (nSPS) is 10.5. The third kappa shape index (κ3) is 4.88. The van der Waals surface area contributed by atoms with E-state index in [0.29, 0.717) is 23.9 Å². The van der Waals surface area contributed by atoms with Crippen molar-refractivity contribution >= 4 is 55.1 Å². The number of halogens is 3. The number of carboxylic acid groups (broad SMARTS) is 1. The first-order valence-corrected chi connectivity index (χ1v) is 9.26. The smallest absolute Gasteiger partial charge is 0.335 e. The van der Waals surface area contributed by atoms with Crippen LogP contribution < -0.4 is 10.1 Å². The van der Waals surface area contributed by atoms with Crippen LogP contribution in [0.2, 0.25) is 5.02 Å². The van der Waals surface area contributed by atoms with Gasteiger partial charge in [-0.25, -0.2) is 4.79 Å². The Morgan fingerprint density at radius 2 is 2.04 bits per heavy atom. The van der Waals surface area contributed by atoms with E-state index in [1.807, 2.05) is 19.1 Å². The fraction of sp³-hybridized carbons (Fsp3) is 0.235. The van der Waals surface area contributed by atoms with E-state index in [9.17, 15) is 4.79 Å². The molecule has 2 rings (SSSR count). The second-order valence-corrected chi connectivity index (χ2v) is 7.25. The van der Waals surface area contributed by atoms with Gasteiger partial charge in [-0.05, 0) is 52.7 Å². The summed E-state index contributed by atoms with van der Waals surface area (Å²) < 4.78 is 7.59. The second-order valence-electron chi connectivity index (χ2n) is 5.08. The summed E-state index contributed by atoms with van der Waals surface area (Å²) in [6.45, 7) is 3.10. The Hall–Kier alpha value is -1.24. The highest BCUT2D eigenvalue weighted by Crippen LogP contribution is 2.34. The van der Waals surface area contributed by atoms with Crippen LogP contribution in [0.5, 0.6) is 5.75 Å². The minimum atomic E-state index is -0.994. The maximum absolute atomic E-state index is 11.1. The van der Waals surface area contributed by atoms with Crippen molar-refractivity contribution in [1.29, 1.82) is 0 Å². The van der Waals surface area contributed by atoms with E-state index in [0.717, 1.165) is 26.7 Å². The molecule has 0 aliphatic carbocycles. The minimum absolute atomic E-state index is 0.180. The molecule has 0 atom stereocenters. The number of carbonyl (C=O) groups is 1. The third-order valence-corrected chi connectivity index (χ3v) is 4.59. The molecular weight excluding hydrogens is 461 g/mol. The molecule has 2 aromatic rings. The summed E-state index contributed by atoms with van der Waals surface area (Å²) >= 11 is 13.1. The number of hydrogen-bond donors (Lipinski definition) is 2. The predicted octanol–water partition coefficient (Wildman–Crippen LogP) is 5.96. The molecule has 0 saturated heterocycles. The lowest BCUT2D eigenvalue weighted by Crippen LogP contribution is -2.06. The number of aromatic carboxylic acids is 1. The number of nitrogens with one attached hydrogen (secondary N) is 1. The van der Waals surface area contributed by atoms with Crippen molar-refractivity contribution < 1.29 is 14.6 Å². The van der Waals surface area contributed by atoms with Crippen LogP contribution in [-0.2, 0) is 6.54 Å². The van der Waals surface area contributed by atoms with Crippen LogP contribution in [0.4, 0.5) is 5.69 Å². The molecule has 0 amide bonds. The molecule has 0 fully saturated rings. The molecule has 0 saturated carbocycles. The molecule has 0 aliphatic rings. The van der Waals surface area contributed by atoms with Gasteiger partial charge in [-0.1, -0.05) is 34.5 Å². The Bertz CT molecular complexity index is 753. The summed E-state index contributed by atoms with van der Waals surface area (Å²) in [5.41, 5.74) is 1.68. The number of carboxylic acids is 1. The topological polar surface area (TPSA) is 58.6 Å². The van der Waals surface area contributed by atoms with Crippen LogP contribution in [0.15, 0.2) is 39.3 Å². The van der Waals surface area contributed by atoms with Crippen molar-refractivity contribution in [2.24, 2.45) is 0 Å². The maximum atomic E-state index is 11.1. The first-order chi connectivity index (χ1) is 11.4. The predicted molar refractivity (Wildman–Crippen MR) is 103 cm³/mol. The van der Waals surface area contributed by atoms with E-state index in [2.05, 4.69) is 37.2 Å². The Morgan fingerprint density at radius 1 is 1.29 bits per heavy atom. The van der Waals surface area contributed by atoms with E-state index < -0.39 is 5.97 Å². The first kappa shape index (κ1) is 19.1. The Morgan fingerprint density at radius 3 is 2.71 bits per heavy atom. The molecule has 0 bridgehead atoms. The van der Waals surface area contributed by atoms with Crippen molar-refractivity contribution in [2.75, 3.05) is 11.9 Å². The lowest BCUT2D eigenvalue weighted by Gasteiger charge is -2.15. The van der Waals surface area contributed by atoms with Gasteiger partial charge in [0.1, 0.15) is 5.75 Å². The quantitative estimate of drug-likeness (QED) is 0.516. The van der Waals surface area contributed by atoms with Gasteiger partial charge in [-0.2, -0.15) is 0 Å². The van der Waals surface area contributed by atoms with Gasteiger partial charge in [0.05, 0.1) is 27.4 Å². The lowest BCUT2D eigenvalue weighted by atomic mass is 10.1. The van der Waals surface area contributed by atoms with Crippen LogP contribution >= 0.6 is 43.5 Å². The van der Waals surface area contributed by atoms with Crippen molar-refractivity contribution in [3.05, 3.63) is 55.4 Å². The standard InChI is InChI=1S/C17H16Br2ClNO3/c1-2-5-24-16-11(6-12(18)8-13(16)19)9-21-15-7-10(17(22)23)3-4-14(15)20/h3-4,6-8,21H,2,5,9H2,1H3,(H,22,23). The fourth-order valence-corrected chi connectivity index (χ4v) is 3.71. The Kier molecular flexibility index (Phi) is 6.95. The molecule has 0 radical (unpaired) electrons. The van der Waals surface area contributed by atoms with E-state index in [1.165, 1.54) is 12.1 Å². The van der Waals surface area contributed by atoms with Gasteiger partial charge in [-0.3, -0.25) is 0 Å². The average molecular weight is 478 g/mol. The van der Waals surface area contributed by atoms with E-state index in [1.54, 1.807) is 6.07 Å². The molecule has 7 heteroatoms. The summed E-state index contributed by atoms with van der Waals surface area (Å²) in [6, 6.07) is 8.44. The molecule has 0 aromatic heterocycles. The molecule has 0 unspecified atom stereocenters. The minimum Gasteiger partial charge on any atom is -0.492 e. The second kappa shape index (κ2) is 8.74. The van der Waals surface area contributed by atoms with Crippen molar-refractivity contribution in [3.8, 4) is 5.75 Å². The summed E-state index contributed by atoms with van der Waals surface area (Å²) in [6.07, 6.45) is 0.905. The van der Waals surface area contributed by atoms with Crippen LogP contribution in [0.3, 0.4) is 0 Å². The van der Waals surface area contributed by atoms with Gasteiger partial charge < -0.3 is 15.2 Å². The molecule has 24 heavy (non-hydrogen) atoms. The largest absolute Gasteiger partial charge is 0.492 e. The van der Waals surface area contributed by atoms with Gasteiger partial charge >= 0.3 is 5.97 Å². The van der Waals surface area contributed by atoms with Gasteiger partial charge in [0.2, 0.25) is 0 Å².